The van der Waals surface area contributed by atoms with Gasteiger partial charge in [0.1, 0.15) is 25.4 Å². The van der Waals surface area contributed by atoms with Crippen LogP contribution < -0.4 is 0 Å². The van der Waals surface area contributed by atoms with E-state index >= 15 is 0 Å². The number of carbonyl (C=O) groups excluding carboxylic acids is 2. The molecular weight excluding hydrogens is 264 g/mol. The standard InChI is InChI=1S/C14H20O6/c15-13(19-7-9-5-17-9)11-3-1-2-4-12(11)14(16)20-8-10-6-18-10/h9-12H,1-8H2/t9?,10?,11-,12?/m1/s1. The molecular formula is C14H20O6. The SMILES string of the molecule is O=C(OCC1CO1)C1CCCC[C@H]1C(=O)OCC1CO1. The normalized spacial score (nSPS) is 35.2. The summed E-state index contributed by atoms with van der Waals surface area (Å²) in [4.78, 5) is 24.2. The molecule has 1 saturated carbocycles. The van der Waals surface area contributed by atoms with E-state index in [2.05, 4.69) is 0 Å². The Balaban J connectivity index is 1.50. The molecule has 4 atom stereocenters. The molecule has 2 heterocycles. The molecule has 3 rings (SSSR count). The highest BCUT2D eigenvalue weighted by atomic mass is 16.6. The Kier molecular flexibility index (Phi) is 4.21. The summed E-state index contributed by atoms with van der Waals surface area (Å²) in [5.41, 5.74) is 0. The van der Waals surface area contributed by atoms with Crippen LogP contribution in [0.2, 0.25) is 0 Å². The van der Waals surface area contributed by atoms with Crippen molar-refractivity contribution >= 4 is 11.9 Å². The zero-order chi connectivity index (χ0) is 13.9. The van der Waals surface area contributed by atoms with Crippen LogP contribution >= 0.6 is 0 Å². The minimum atomic E-state index is -0.366. The van der Waals surface area contributed by atoms with Crippen LogP contribution in [0.25, 0.3) is 0 Å². The molecule has 112 valence electrons. The average Bonchev–Trinajstić information content (AvgIpc) is 3.36. The third-order valence-corrected chi connectivity index (χ3v) is 4.00. The third-order valence-electron chi connectivity index (χ3n) is 4.00. The van der Waals surface area contributed by atoms with E-state index in [0.29, 0.717) is 39.3 Å². The maximum atomic E-state index is 12.1. The minimum Gasteiger partial charge on any atom is -0.463 e. The van der Waals surface area contributed by atoms with Crippen LogP contribution in [-0.4, -0.2) is 50.6 Å². The molecule has 2 aliphatic heterocycles. The van der Waals surface area contributed by atoms with Crippen molar-refractivity contribution in [3.63, 3.8) is 0 Å². The molecule has 6 heteroatoms. The third kappa shape index (κ3) is 3.70. The van der Waals surface area contributed by atoms with Gasteiger partial charge in [-0.05, 0) is 12.8 Å². The number of hydrogen-bond donors (Lipinski definition) is 0. The van der Waals surface area contributed by atoms with Gasteiger partial charge in [-0.2, -0.15) is 0 Å². The Morgan fingerprint density at radius 2 is 1.25 bits per heavy atom. The Labute approximate surface area is 117 Å². The minimum absolute atomic E-state index is 0.0555. The fourth-order valence-electron chi connectivity index (χ4n) is 2.59. The van der Waals surface area contributed by atoms with Crippen molar-refractivity contribution in [2.24, 2.45) is 11.8 Å². The first-order valence-corrected chi connectivity index (χ1v) is 7.30. The highest BCUT2D eigenvalue weighted by Gasteiger charge is 2.39. The lowest BCUT2D eigenvalue weighted by Crippen LogP contribution is -2.35. The zero-order valence-corrected chi connectivity index (χ0v) is 11.4. The molecule has 1 aliphatic carbocycles. The van der Waals surface area contributed by atoms with Gasteiger partial charge in [-0.1, -0.05) is 12.8 Å². The second-order valence-corrected chi connectivity index (χ2v) is 5.67. The topological polar surface area (TPSA) is 77.7 Å². The molecule has 0 N–H and O–H groups in total. The lowest BCUT2D eigenvalue weighted by molar-refractivity contribution is -0.163. The van der Waals surface area contributed by atoms with E-state index in [1.165, 1.54) is 0 Å². The Morgan fingerprint density at radius 1 is 0.850 bits per heavy atom. The first kappa shape index (κ1) is 13.8. The molecule has 0 amide bonds. The van der Waals surface area contributed by atoms with Crippen LogP contribution in [-0.2, 0) is 28.5 Å². The first-order valence-electron chi connectivity index (χ1n) is 7.30. The van der Waals surface area contributed by atoms with Gasteiger partial charge >= 0.3 is 11.9 Å². The second kappa shape index (κ2) is 6.10. The smallest absolute Gasteiger partial charge is 0.309 e. The quantitative estimate of drug-likeness (QED) is 0.527. The van der Waals surface area contributed by atoms with Crippen molar-refractivity contribution < 1.29 is 28.5 Å². The van der Waals surface area contributed by atoms with E-state index in [-0.39, 0.29) is 36.0 Å². The van der Waals surface area contributed by atoms with Gasteiger partial charge in [-0.25, -0.2) is 0 Å². The van der Waals surface area contributed by atoms with E-state index in [1.54, 1.807) is 0 Å². The Morgan fingerprint density at radius 3 is 1.60 bits per heavy atom. The molecule has 3 aliphatic rings. The van der Waals surface area contributed by atoms with Gasteiger partial charge in [0.25, 0.3) is 0 Å². The number of rotatable bonds is 6. The predicted octanol–water partition coefficient (Wildman–Crippen LogP) is 0.677. The molecule has 0 aromatic rings. The van der Waals surface area contributed by atoms with Crippen molar-refractivity contribution in [3.8, 4) is 0 Å². The lowest BCUT2D eigenvalue weighted by atomic mass is 9.79. The lowest BCUT2D eigenvalue weighted by Gasteiger charge is -2.28. The molecule has 3 fully saturated rings. The first-order chi connectivity index (χ1) is 9.74. The Bertz CT molecular complexity index is 338. The molecule has 6 nitrogen and oxygen atoms in total. The summed E-state index contributed by atoms with van der Waals surface area (Å²) >= 11 is 0. The van der Waals surface area contributed by atoms with Crippen molar-refractivity contribution in [2.75, 3.05) is 26.4 Å². The van der Waals surface area contributed by atoms with E-state index in [1.807, 2.05) is 0 Å². The summed E-state index contributed by atoms with van der Waals surface area (Å²) in [6, 6.07) is 0. The molecule has 0 aromatic heterocycles. The largest absolute Gasteiger partial charge is 0.463 e. The maximum Gasteiger partial charge on any atom is 0.309 e. The summed E-state index contributed by atoms with van der Waals surface area (Å²) in [7, 11) is 0. The fourth-order valence-corrected chi connectivity index (χ4v) is 2.59. The molecule has 0 spiro atoms. The highest BCUT2D eigenvalue weighted by molar-refractivity contribution is 5.82. The van der Waals surface area contributed by atoms with Crippen molar-refractivity contribution in [2.45, 2.75) is 37.9 Å². The summed E-state index contributed by atoms with van der Waals surface area (Å²) in [5.74, 6) is -1.31. The summed E-state index contributed by atoms with van der Waals surface area (Å²) in [6.07, 6.45) is 3.42. The van der Waals surface area contributed by atoms with Crippen LogP contribution in [0.15, 0.2) is 0 Å². The summed E-state index contributed by atoms with van der Waals surface area (Å²) in [6.45, 7) is 1.91. The van der Waals surface area contributed by atoms with E-state index in [4.69, 9.17) is 18.9 Å². The van der Waals surface area contributed by atoms with Gasteiger partial charge in [0.2, 0.25) is 0 Å². The van der Waals surface area contributed by atoms with Gasteiger partial charge in [-0.3, -0.25) is 9.59 Å². The van der Waals surface area contributed by atoms with Crippen LogP contribution in [0, 0.1) is 11.8 Å². The zero-order valence-electron chi connectivity index (χ0n) is 11.4. The second-order valence-electron chi connectivity index (χ2n) is 5.67. The van der Waals surface area contributed by atoms with Gasteiger partial charge in [0, 0.05) is 0 Å². The molecule has 0 aromatic carbocycles. The Hall–Kier alpha value is -1.14. The molecule has 0 bridgehead atoms. The fraction of sp³-hybridized carbons (Fsp3) is 0.857. The van der Waals surface area contributed by atoms with Gasteiger partial charge in [0.15, 0.2) is 0 Å². The molecule has 0 radical (unpaired) electrons. The van der Waals surface area contributed by atoms with E-state index in [9.17, 15) is 9.59 Å². The van der Waals surface area contributed by atoms with Gasteiger partial charge < -0.3 is 18.9 Å². The van der Waals surface area contributed by atoms with Crippen LogP contribution in [0.5, 0.6) is 0 Å². The average molecular weight is 284 g/mol. The number of ether oxygens (including phenoxy) is 4. The maximum absolute atomic E-state index is 12.1. The summed E-state index contributed by atoms with van der Waals surface area (Å²) < 4.78 is 20.5. The summed E-state index contributed by atoms with van der Waals surface area (Å²) in [5, 5.41) is 0. The number of esters is 2. The van der Waals surface area contributed by atoms with Gasteiger partial charge in [0.05, 0.1) is 25.0 Å². The van der Waals surface area contributed by atoms with E-state index < -0.39 is 0 Å². The predicted molar refractivity (Wildman–Crippen MR) is 66.8 cm³/mol. The van der Waals surface area contributed by atoms with E-state index in [0.717, 1.165) is 12.8 Å². The van der Waals surface area contributed by atoms with Crippen molar-refractivity contribution in [1.29, 1.82) is 0 Å². The number of epoxide rings is 2. The molecule has 2 saturated heterocycles. The van der Waals surface area contributed by atoms with Crippen LogP contribution in [0.4, 0.5) is 0 Å². The van der Waals surface area contributed by atoms with Gasteiger partial charge in [-0.15, -0.1) is 0 Å². The molecule has 20 heavy (non-hydrogen) atoms. The number of carbonyl (C=O) groups is 2. The van der Waals surface area contributed by atoms with Crippen LogP contribution in [0.1, 0.15) is 25.7 Å². The molecule has 3 unspecified atom stereocenters. The highest BCUT2D eigenvalue weighted by Crippen LogP contribution is 2.32. The number of hydrogen-bond acceptors (Lipinski definition) is 6. The van der Waals surface area contributed by atoms with Crippen molar-refractivity contribution in [3.05, 3.63) is 0 Å². The monoisotopic (exact) mass is 284 g/mol. The van der Waals surface area contributed by atoms with Crippen molar-refractivity contribution in [1.82, 2.24) is 0 Å². The van der Waals surface area contributed by atoms with Crippen LogP contribution in [0.3, 0.4) is 0 Å².